The highest BCUT2D eigenvalue weighted by molar-refractivity contribution is 8.00. The summed E-state index contributed by atoms with van der Waals surface area (Å²) < 4.78 is 12.6. The van der Waals surface area contributed by atoms with Crippen molar-refractivity contribution in [2.45, 2.75) is 24.3 Å². The van der Waals surface area contributed by atoms with E-state index in [2.05, 4.69) is 10.2 Å². The smallest absolute Gasteiger partial charge is 0.319 e. The monoisotopic (exact) mass is 383 g/mol. The number of thioether (sulfide) groups is 1. The average molecular weight is 383 g/mol. The highest BCUT2D eigenvalue weighted by Crippen LogP contribution is 2.34. The molecule has 0 aliphatic rings. The highest BCUT2D eigenvalue weighted by Gasteiger charge is 2.23. The third-order valence-corrected chi connectivity index (χ3v) is 4.91. The Morgan fingerprint density at radius 2 is 1.81 bits per heavy atom. The third-order valence-electron chi connectivity index (χ3n) is 3.89. The van der Waals surface area contributed by atoms with Crippen LogP contribution in [0.5, 0.6) is 5.75 Å². The van der Waals surface area contributed by atoms with Crippen LogP contribution in [-0.2, 0) is 9.53 Å². The second-order valence-corrected chi connectivity index (χ2v) is 7.00. The van der Waals surface area contributed by atoms with E-state index in [-0.39, 0.29) is 5.97 Å². The van der Waals surface area contributed by atoms with Crippen LogP contribution in [0.25, 0.3) is 17.1 Å². The number of methoxy groups -OCH3 is 1. The van der Waals surface area contributed by atoms with Crippen LogP contribution < -0.4 is 4.74 Å². The van der Waals surface area contributed by atoms with Crippen molar-refractivity contribution in [2.24, 2.45) is 0 Å². The molecule has 0 saturated heterocycles. The van der Waals surface area contributed by atoms with E-state index in [1.807, 2.05) is 59.2 Å². The van der Waals surface area contributed by atoms with Gasteiger partial charge < -0.3 is 9.47 Å². The first-order valence-corrected chi connectivity index (χ1v) is 9.51. The van der Waals surface area contributed by atoms with Crippen molar-refractivity contribution in [1.82, 2.24) is 14.8 Å². The number of aromatic nitrogens is 3. The maximum absolute atomic E-state index is 12.1. The predicted molar refractivity (Wildman–Crippen MR) is 105 cm³/mol. The Hall–Kier alpha value is -2.80. The van der Waals surface area contributed by atoms with Gasteiger partial charge >= 0.3 is 5.97 Å². The van der Waals surface area contributed by atoms with E-state index in [0.29, 0.717) is 23.3 Å². The van der Waals surface area contributed by atoms with Gasteiger partial charge in [-0.3, -0.25) is 9.36 Å². The number of para-hydroxylation sites is 2. The molecule has 0 aliphatic heterocycles. The molecule has 0 fully saturated rings. The van der Waals surface area contributed by atoms with Crippen LogP contribution in [0.2, 0.25) is 0 Å². The zero-order chi connectivity index (χ0) is 19.2. The Bertz CT molecular complexity index is 912. The van der Waals surface area contributed by atoms with Gasteiger partial charge in [-0.25, -0.2) is 0 Å². The molecule has 1 atom stereocenters. The van der Waals surface area contributed by atoms with Crippen LogP contribution in [0.3, 0.4) is 0 Å². The first-order chi connectivity index (χ1) is 13.2. The molecule has 1 unspecified atom stereocenters. The second kappa shape index (κ2) is 8.73. The molecule has 2 aromatic carbocycles. The van der Waals surface area contributed by atoms with Gasteiger partial charge in [-0.2, -0.15) is 0 Å². The lowest BCUT2D eigenvalue weighted by Crippen LogP contribution is -2.17. The average Bonchev–Trinajstić information content (AvgIpc) is 3.12. The zero-order valence-corrected chi connectivity index (χ0v) is 16.3. The summed E-state index contributed by atoms with van der Waals surface area (Å²) in [7, 11) is 1.62. The number of carbonyl (C=O) groups is 1. The summed E-state index contributed by atoms with van der Waals surface area (Å²) in [4.78, 5) is 12.1. The topological polar surface area (TPSA) is 66.2 Å². The Morgan fingerprint density at radius 3 is 2.52 bits per heavy atom. The molecule has 1 aromatic heterocycles. The first kappa shape index (κ1) is 19.0. The predicted octanol–water partition coefficient (Wildman–Crippen LogP) is 3.99. The lowest BCUT2D eigenvalue weighted by atomic mass is 10.2. The van der Waals surface area contributed by atoms with Crippen molar-refractivity contribution in [3.63, 3.8) is 0 Å². The molecule has 7 heteroatoms. The zero-order valence-electron chi connectivity index (χ0n) is 15.5. The molecule has 0 N–H and O–H groups in total. The molecular formula is C20H21N3O3S. The second-order valence-electron chi connectivity index (χ2n) is 5.69. The minimum absolute atomic E-state index is 0.279. The Labute approximate surface area is 162 Å². The number of hydrogen-bond acceptors (Lipinski definition) is 6. The van der Waals surface area contributed by atoms with E-state index in [1.54, 1.807) is 21.0 Å². The van der Waals surface area contributed by atoms with Gasteiger partial charge in [0.2, 0.25) is 0 Å². The van der Waals surface area contributed by atoms with Gasteiger partial charge in [-0.1, -0.05) is 54.2 Å². The van der Waals surface area contributed by atoms with Crippen molar-refractivity contribution in [2.75, 3.05) is 13.7 Å². The molecule has 0 spiro atoms. The van der Waals surface area contributed by atoms with E-state index < -0.39 is 5.25 Å². The van der Waals surface area contributed by atoms with E-state index in [4.69, 9.17) is 9.47 Å². The molecule has 0 aliphatic carbocycles. The van der Waals surface area contributed by atoms with Crippen molar-refractivity contribution < 1.29 is 14.3 Å². The van der Waals surface area contributed by atoms with Crippen LogP contribution in [-0.4, -0.2) is 39.7 Å². The number of benzene rings is 2. The molecule has 3 aromatic rings. The molecule has 3 rings (SSSR count). The number of ether oxygens (including phenoxy) is 2. The van der Waals surface area contributed by atoms with Gasteiger partial charge in [0.1, 0.15) is 11.0 Å². The third kappa shape index (κ3) is 4.14. The lowest BCUT2D eigenvalue weighted by molar-refractivity contribution is -0.142. The minimum Gasteiger partial charge on any atom is -0.495 e. The summed E-state index contributed by atoms with van der Waals surface area (Å²) in [5.41, 5.74) is 1.73. The maximum atomic E-state index is 12.1. The van der Waals surface area contributed by atoms with E-state index in [9.17, 15) is 4.79 Å². The fourth-order valence-corrected chi connectivity index (χ4v) is 3.48. The van der Waals surface area contributed by atoms with E-state index in [1.165, 1.54) is 11.8 Å². The van der Waals surface area contributed by atoms with Crippen molar-refractivity contribution in [3.8, 4) is 22.8 Å². The lowest BCUT2D eigenvalue weighted by Gasteiger charge is -2.15. The van der Waals surface area contributed by atoms with Crippen LogP contribution in [0.4, 0.5) is 0 Å². The summed E-state index contributed by atoms with van der Waals surface area (Å²) in [6.07, 6.45) is 0. The summed E-state index contributed by atoms with van der Waals surface area (Å²) >= 11 is 1.31. The fourth-order valence-electron chi connectivity index (χ4n) is 2.62. The Balaban J connectivity index is 2.09. The molecule has 0 amide bonds. The van der Waals surface area contributed by atoms with E-state index >= 15 is 0 Å². The number of hydrogen-bond donors (Lipinski definition) is 0. The quantitative estimate of drug-likeness (QED) is 0.454. The Kier molecular flexibility index (Phi) is 6.13. The molecule has 0 radical (unpaired) electrons. The fraction of sp³-hybridized carbons (Fsp3) is 0.250. The van der Waals surface area contributed by atoms with E-state index in [0.717, 1.165) is 11.3 Å². The van der Waals surface area contributed by atoms with Crippen molar-refractivity contribution in [3.05, 3.63) is 54.6 Å². The van der Waals surface area contributed by atoms with Crippen LogP contribution in [0, 0.1) is 0 Å². The molecule has 1 heterocycles. The van der Waals surface area contributed by atoms with Gasteiger partial charge in [-0.15, -0.1) is 10.2 Å². The normalized spacial score (nSPS) is 11.8. The van der Waals surface area contributed by atoms with Crippen LogP contribution in [0.1, 0.15) is 13.8 Å². The van der Waals surface area contributed by atoms with Gasteiger partial charge in [0.25, 0.3) is 0 Å². The van der Waals surface area contributed by atoms with Gasteiger partial charge in [-0.05, 0) is 26.0 Å². The summed E-state index contributed by atoms with van der Waals surface area (Å²) in [5, 5.41) is 8.91. The highest BCUT2D eigenvalue weighted by atomic mass is 32.2. The maximum Gasteiger partial charge on any atom is 0.319 e. The summed E-state index contributed by atoms with van der Waals surface area (Å²) in [6, 6.07) is 17.4. The molecular weight excluding hydrogens is 362 g/mol. The minimum atomic E-state index is -0.411. The number of nitrogens with zero attached hydrogens (tertiary/aromatic N) is 3. The van der Waals surface area contributed by atoms with Crippen molar-refractivity contribution >= 4 is 17.7 Å². The Morgan fingerprint density at radius 1 is 1.11 bits per heavy atom. The van der Waals surface area contributed by atoms with Gasteiger partial charge in [0, 0.05) is 5.56 Å². The molecule has 0 bridgehead atoms. The summed E-state index contributed by atoms with van der Waals surface area (Å²) in [5.74, 6) is 1.09. The standard InChI is InChI=1S/C20H21N3O3S/c1-4-26-19(24)14(2)27-20-22-21-18(15-10-6-5-7-11-15)23(20)16-12-8-9-13-17(16)25-3/h5-14H,4H2,1-3H3. The molecule has 6 nitrogen and oxygen atoms in total. The SMILES string of the molecule is CCOC(=O)C(C)Sc1nnc(-c2ccccc2)n1-c1ccccc1OC. The van der Waals surface area contributed by atoms with Crippen molar-refractivity contribution in [1.29, 1.82) is 0 Å². The molecule has 140 valence electrons. The van der Waals surface area contributed by atoms with Crippen LogP contribution >= 0.6 is 11.8 Å². The number of carbonyl (C=O) groups excluding carboxylic acids is 1. The van der Waals surface area contributed by atoms with Gasteiger partial charge in [0.05, 0.1) is 19.4 Å². The summed E-state index contributed by atoms with van der Waals surface area (Å²) in [6.45, 7) is 3.93. The van der Waals surface area contributed by atoms with Crippen LogP contribution in [0.15, 0.2) is 59.8 Å². The largest absolute Gasteiger partial charge is 0.495 e. The molecule has 27 heavy (non-hydrogen) atoms. The number of rotatable bonds is 7. The first-order valence-electron chi connectivity index (χ1n) is 8.63. The number of esters is 1. The van der Waals surface area contributed by atoms with Gasteiger partial charge in [0.15, 0.2) is 11.0 Å². The molecule has 0 saturated carbocycles.